The third-order valence-electron chi connectivity index (χ3n) is 5.82. The highest BCUT2D eigenvalue weighted by Gasteiger charge is 2.17. The topological polar surface area (TPSA) is 118 Å². The van der Waals surface area contributed by atoms with Crippen LogP contribution in [0.2, 0.25) is 0 Å². The molecule has 0 aliphatic rings. The zero-order valence-corrected chi connectivity index (χ0v) is 23.1. The van der Waals surface area contributed by atoms with Gasteiger partial charge in [0, 0.05) is 12.4 Å². The molecule has 2 heterocycles. The quantitative estimate of drug-likeness (QED) is 0.227. The first-order valence-corrected chi connectivity index (χ1v) is 13.1. The van der Waals surface area contributed by atoms with E-state index in [1.165, 1.54) is 16.9 Å². The van der Waals surface area contributed by atoms with Crippen molar-refractivity contribution >= 4 is 11.9 Å². The second-order valence-electron chi connectivity index (χ2n) is 9.05. The van der Waals surface area contributed by atoms with E-state index in [1.54, 1.807) is 23.9 Å². The number of benzene rings is 2. The summed E-state index contributed by atoms with van der Waals surface area (Å²) in [4.78, 5) is 22.8. The Balaban J connectivity index is 0.000000222. The van der Waals surface area contributed by atoms with Crippen LogP contribution in [0.5, 0.6) is 0 Å². The van der Waals surface area contributed by atoms with E-state index >= 15 is 0 Å². The highest BCUT2D eigenvalue weighted by atomic mass is 16.5. The third-order valence-corrected chi connectivity index (χ3v) is 5.82. The number of aromatic nitrogens is 4. The summed E-state index contributed by atoms with van der Waals surface area (Å²) in [7, 11) is 0. The minimum absolute atomic E-state index is 0.0388. The highest BCUT2D eigenvalue weighted by Crippen LogP contribution is 2.13. The monoisotopic (exact) mass is 548 g/mol. The molecule has 4 rings (SSSR count). The van der Waals surface area contributed by atoms with Crippen LogP contribution in [0.25, 0.3) is 0 Å². The molecule has 40 heavy (non-hydrogen) atoms. The Labute approximate surface area is 234 Å². The zero-order chi connectivity index (χ0) is 28.7. The average molecular weight is 549 g/mol. The van der Waals surface area contributed by atoms with Crippen LogP contribution in [-0.2, 0) is 27.4 Å². The summed E-state index contributed by atoms with van der Waals surface area (Å²) >= 11 is 0. The summed E-state index contributed by atoms with van der Waals surface area (Å²) in [6.45, 7) is 7.91. The van der Waals surface area contributed by atoms with E-state index in [4.69, 9.17) is 19.3 Å². The van der Waals surface area contributed by atoms with Crippen LogP contribution in [0.15, 0.2) is 85.2 Å². The normalized spacial score (nSPS) is 12.2. The smallest absolute Gasteiger partial charge is 0.356 e. The van der Waals surface area contributed by atoms with Gasteiger partial charge in [0.05, 0.1) is 45.1 Å². The van der Waals surface area contributed by atoms with Gasteiger partial charge in [0.1, 0.15) is 11.4 Å². The second-order valence-corrected chi connectivity index (χ2v) is 9.05. The number of carbonyl (C=O) groups is 2. The minimum Gasteiger partial charge on any atom is -0.477 e. The third kappa shape index (κ3) is 9.18. The van der Waals surface area contributed by atoms with Gasteiger partial charge in [-0.1, -0.05) is 60.7 Å². The van der Waals surface area contributed by atoms with E-state index in [-0.39, 0.29) is 23.7 Å². The number of carbonyl (C=O) groups excluding carboxylic acids is 1. The molecular weight excluding hydrogens is 512 g/mol. The van der Waals surface area contributed by atoms with Crippen molar-refractivity contribution in [3.63, 3.8) is 0 Å². The van der Waals surface area contributed by atoms with E-state index in [2.05, 4.69) is 10.2 Å². The van der Waals surface area contributed by atoms with Crippen molar-refractivity contribution in [2.45, 2.75) is 46.1 Å². The largest absolute Gasteiger partial charge is 0.477 e. The fourth-order valence-corrected chi connectivity index (χ4v) is 3.85. The molecule has 212 valence electrons. The van der Waals surface area contributed by atoms with Crippen LogP contribution in [0.4, 0.5) is 0 Å². The molecule has 10 heteroatoms. The number of carboxylic acids is 1. The van der Waals surface area contributed by atoms with Crippen LogP contribution in [0.1, 0.15) is 65.0 Å². The summed E-state index contributed by atoms with van der Waals surface area (Å²) in [6.07, 6.45) is 3.08. The van der Waals surface area contributed by atoms with Gasteiger partial charge in [0.2, 0.25) is 0 Å². The van der Waals surface area contributed by atoms with Gasteiger partial charge in [-0.2, -0.15) is 10.2 Å². The molecule has 0 saturated carbocycles. The lowest BCUT2D eigenvalue weighted by Gasteiger charge is -2.15. The summed E-state index contributed by atoms with van der Waals surface area (Å²) in [5.41, 5.74) is 2.84. The lowest BCUT2D eigenvalue weighted by Crippen LogP contribution is -2.20. The predicted molar refractivity (Wildman–Crippen MR) is 149 cm³/mol. The maximum atomic E-state index is 11.8. The van der Waals surface area contributed by atoms with Crippen molar-refractivity contribution in [1.82, 2.24) is 19.6 Å². The summed E-state index contributed by atoms with van der Waals surface area (Å²) < 4.78 is 19.4. The number of esters is 1. The number of hydrogen-bond donors (Lipinski definition) is 1. The van der Waals surface area contributed by atoms with Crippen molar-refractivity contribution < 1.29 is 28.9 Å². The molecule has 0 fully saturated rings. The van der Waals surface area contributed by atoms with Gasteiger partial charge in [-0.05, 0) is 44.0 Å². The van der Waals surface area contributed by atoms with Crippen molar-refractivity contribution in [2.24, 2.45) is 0 Å². The molecule has 2 aromatic heterocycles. The van der Waals surface area contributed by atoms with E-state index in [1.807, 2.05) is 74.5 Å². The van der Waals surface area contributed by atoms with Crippen LogP contribution in [0.3, 0.4) is 0 Å². The number of ether oxygens (including phenoxy) is 3. The summed E-state index contributed by atoms with van der Waals surface area (Å²) in [6, 6.07) is 22.8. The molecule has 0 aliphatic heterocycles. The summed E-state index contributed by atoms with van der Waals surface area (Å²) in [5, 5.41) is 17.2. The lowest BCUT2D eigenvalue weighted by atomic mass is 10.2. The van der Waals surface area contributed by atoms with Crippen LogP contribution >= 0.6 is 0 Å². The van der Waals surface area contributed by atoms with Crippen LogP contribution < -0.4 is 0 Å². The van der Waals surface area contributed by atoms with Gasteiger partial charge in [-0.15, -0.1) is 0 Å². The fraction of sp³-hybridized carbons (Fsp3) is 0.333. The molecular formula is C30H36N4O6. The SMILES string of the molecule is CCOC(=O)c1ccnn1[C@@H](C)COCc1ccccc1.C[C@@H](COCc1ccccc1)n1nccc1C(=O)O. The molecule has 0 bridgehead atoms. The van der Waals surface area contributed by atoms with Crippen molar-refractivity contribution in [1.29, 1.82) is 0 Å². The molecule has 0 radical (unpaired) electrons. The van der Waals surface area contributed by atoms with E-state index < -0.39 is 5.97 Å². The molecule has 0 aliphatic carbocycles. The fourth-order valence-electron chi connectivity index (χ4n) is 3.85. The number of nitrogens with zero attached hydrogens (tertiary/aromatic N) is 4. The molecule has 0 spiro atoms. The molecule has 2 aromatic carbocycles. The molecule has 1 N–H and O–H groups in total. The average Bonchev–Trinajstić information content (AvgIpc) is 3.66. The Morgan fingerprint density at radius 2 is 1.20 bits per heavy atom. The maximum Gasteiger partial charge on any atom is 0.356 e. The lowest BCUT2D eigenvalue weighted by molar-refractivity contribution is 0.0494. The highest BCUT2D eigenvalue weighted by molar-refractivity contribution is 5.87. The van der Waals surface area contributed by atoms with E-state index in [9.17, 15) is 9.59 Å². The number of hydrogen-bond acceptors (Lipinski definition) is 7. The van der Waals surface area contributed by atoms with Crippen molar-refractivity contribution in [3.8, 4) is 0 Å². The minimum atomic E-state index is -0.979. The Morgan fingerprint density at radius 1 is 0.750 bits per heavy atom. The molecule has 4 aromatic rings. The molecule has 0 saturated heterocycles. The zero-order valence-electron chi connectivity index (χ0n) is 23.1. The first kappa shape index (κ1) is 30.3. The van der Waals surface area contributed by atoms with Gasteiger partial charge < -0.3 is 19.3 Å². The number of aromatic carboxylic acids is 1. The maximum absolute atomic E-state index is 11.8. The number of carboxylic acid groups (broad SMARTS) is 1. The predicted octanol–water partition coefficient (Wildman–Crippen LogP) is 5.20. The Kier molecular flexibility index (Phi) is 12.1. The molecule has 10 nitrogen and oxygen atoms in total. The van der Waals surface area contributed by atoms with Gasteiger partial charge in [-0.3, -0.25) is 9.36 Å². The Hall–Kier alpha value is -4.28. The van der Waals surface area contributed by atoms with Crippen LogP contribution in [-0.4, -0.2) is 56.4 Å². The Bertz CT molecular complexity index is 1310. The van der Waals surface area contributed by atoms with Gasteiger partial charge >= 0.3 is 11.9 Å². The van der Waals surface area contributed by atoms with Gasteiger partial charge in [0.15, 0.2) is 0 Å². The standard InChI is InChI=1S/C16H20N2O3.C14H16N2O3/c1-3-21-16(19)15-9-10-17-18(15)13(2)11-20-12-14-7-5-4-6-8-14;1-11(16-13(14(17)18)7-8-15-16)9-19-10-12-5-3-2-4-6-12/h4-10,13H,3,11-12H2,1-2H3;2-8,11H,9-10H2,1H3,(H,17,18)/t13-;11-/m00/s1. The van der Waals surface area contributed by atoms with Crippen LogP contribution in [0, 0.1) is 0 Å². The molecule has 0 amide bonds. The van der Waals surface area contributed by atoms with E-state index in [0.29, 0.717) is 38.7 Å². The van der Waals surface area contributed by atoms with Gasteiger partial charge in [0.25, 0.3) is 0 Å². The second kappa shape index (κ2) is 16.0. The molecule has 0 unspecified atom stereocenters. The van der Waals surface area contributed by atoms with E-state index in [0.717, 1.165) is 11.1 Å². The van der Waals surface area contributed by atoms with Crippen molar-refractivity contribution in [3.05, 3.63) is 108 Å². The number of rotatable bonds is 13. The Morgan fingerprint density at radius 3 is 1.65 bits per heavy atom. The van der Waals surface area contributed by atoms with Gasteiger partial charge in [-0.25, -0.2) is 9.59 Å². The summed E-state index contributed by atoms with van der Waals surface area (Å²) in [5.74, 6) is -1.34. The van der Waals surface area contributed by atoms with Crippen molar-refractivity contribution in [2.75, 3.05) is 19.8 Å². The first-order valence-electron chi connectivity index (χ1n) is 13.1. The molecule has 2 atom stereocenters. The first-order chi connectivity index (χ1) is 19.4.